The molecule has 0 spiro atoms. The second-order valence-corrected chi connectivity index (χ2v) is 3.86. The van der Waals surface area contributed by atoms with Crippen molar-refractivity contribution in [3.05, 3.63) is 41.2 Å². The number of benzene rings is 1. The molecule has 0 atom stereocenters. The van der Waals surface area contributed by atoms with Crippen LogP contribution in [-0.4, -0.2) is 13.0 Å². The molecule has 4 nitrogen and oxygen atoms in total. The molecule has 0 aliphatic heterocycles. The molecular formula is C8H7NO3S. The van der Waals surface area contributed by atoms with Gasteiger partial charge in [0.2, 0.25) is 6.54 Å². The second kappa shape index (κ2) is 3.56. The highest BCUT2D eigenvalue weighted by atomic mass is 32.2. The molecule has 68 valence electrons. The SMILES string of the molecule is [C-]#[N+]Cc1ccc(S(=O)(=O)O)cc1. The number of nitrogens with zero attached hydrogens (tertiary/aromatic N) is 1. The highest BCUT2D eigenvalue weighted by Crippen LogP contribution is 2.10. The van der Waals surface area contributed by atoms with Gasteiger partial charge in [0.1, 0.15) is 0 Å². The van der Waals surface area contributed by atoms with E-state index < -0.39 is 10.1 Å². The molecule has 1 aromatic carbocycles. The van der Waals surface area contributed by atoms with Crippen molar-refractivity contribution in [3.8, 4) is 0 Å². The smallest absolute Gasteiger partial charge is 0.294 e. The highest BCUT2D eigenvalue weighted by Gasteiger charge is 2.08. The molecule has 5 heteroatoms. The number of rotatable bonds is 2. The summed E-state index contributed by atoms with van der Waals surface area (Å²) < 4.78 is 29.8. The third-order valence-electron chi connectivity index (χ3n) is 1.48. The lowest BCUT2D eigenvalue weighted by Crippen LogP contribution is -1.97. The van der Waals surface area contributed by atoms with E-state index in [1.165, 1.54) is 24.3 Å². The Morgan fingerprint density at radius 3 is 2.23 bits per heavy atom. The van der Waals surface area contributed by atoms with Gasteiger partial charge in [0.25, 0.3) is 10.1 Å². The van der Waals surface area contributed by atoms with Crippen LogP contribution < -0.4 is 0 Å². The molecule has 0 saturated carbocycles. The molecule has 1 N–H and O–H groups in total. The molecule has 1 rings (SSSR count). The molecule has 1 aromatic rings. The zero-order valence-electron chi connectivity index (χ0n) is 6.64. The Hall–Kier alpha value is -1.38. The largest absolute Gasteiger partial charge is 0.312 e. The van der Waals surface area contributed by atoms with Crippen LogP contribution in [0.3, 0.4) is 0 Å². The van der Waals surface area contributed by atoms with E-state index in [1.807, 2.05) is 0 Å². The number of hydrogen-bond acceptors (Lipinski definition) is 2. The summed E-state index contributed by atoms with van der Waals surface area (Å²) in [6.45, 7) is 6.79. The average Bonchev–Trinajstić information content (AvgIpc) is 2.04. The van der Waals surface area contributed by atoms with Crippen molar-refractivity contribution in [2.24, 2.45) is 0 Å². The Labute approximate surface area is 76.4 Å². The van der Waals surface area contributed by atoms with Gasteiger partial charge in [-0.1, -0.05) is 12.1 Å². The molecule has 0 aromatic heterocycles. The van der Waals surface area contributed by atoms with Crippen molar-refractivity contribution in [1.29, 1.82) is 0 Å². The molecule has 0 bridgehead atoms. The van der Waals surface area contributed by atoms with Crippen LogP contribution in [0.25, 0.3) is 4.85 Å². The lowest BCUT2D eigenvalue weighted by atomic mass is 10.2. The predicted octanol–water partition coefficient (Wildman–Crippen LogP) is 1.35. The minimum Gasteiger partial charge on any atom is -0.312 e. The monoisotopic (exact) mass is 197 g/mol. The van der Waals surface area contributed by atoms with E-state index in [4.69, 9.17) is 11.1 Å². The molecule has 0 unspecified atom stereocenters. The van der Waals surface area contributed by atoms with Gasteiger partial charge >= 0.3 is 0 Å². The lowest BCUT2D eigenvalue weighted by molar-refractivity contribution is 0.483. The molecule has 0 heterocycles. The quantitative estimate of drug-likeness (QED) is 0.575. The van der Waals surface area contributed by atoms with Crippen molar-refractivity contribution >= 4 is 10.1 Å². The minimum absolute atomic E-state index is 0.152. The second-order valence-electron chi connectivity index (χ2n) is 2.44. The Bertz CT molecular complexity index is 427. The van der Waals surface area contributed by atoms with Crippen LogP contribution in [0.1, 0.15) is 5.56 Å². The lowest BCUT2D eigenvalue weighted by Gasteiger charge is -1.96. The van der Waals surface area contributed by atoms with E-state index in [0.717, 1.165) is 5.56 Å². The molecule has 0 aliphatic carbocycles. The average molecular weight is 197 g/mol. The van der Waals surface area contributed by atoms with E-state index in [-0.39, 0.29) is 11.4 Å². The van der Waals surface area contributed by atoms with E-state index in [1.54, 1.807) is 0 Å². The van der Waals surface area contributed by atoms with Gasteiger partial charge in [0.05, 0.1) is 4.90 Å². The van der Waals surface area contributed by atoms with Crippen LogP contribution in [0, 0.1) is 6.57 Å². The summed E-state index contributed by atoms with van der Waals surface area (Å²) in [5.74, 6) is 0. The fourth-order valence-corrected chi connectivity index (χ4v) is 1.34. The normalized spacial score (nSPS) is 10.8. The maximum atomic E-state index is 10.6. The molecule has 0 amide bonds. The molecule has 0 aliphatic rings. The van der Waals surface area contributed by atoms with E-state index in [9.17, 15) is 8.42 Å². The fourth-order valence-electron chi connectivity index (χ4n) is 0.858. The van der Waals surface area contributed by atoms with E-state index >= 15 is 0 Å². The van der Waals surface area contributed by atoms with Gasteiger partial charge in [0, 0.05) is 5.56 Å². The van der Waals surface area contributed by atoms with Crippen LogP contribution in [-0.2, 0) is 16.7 Å². The van der Waals surface area contributed by atoms with E-state index in [2.05, 4.69) is 4.85 Å². The third-order valence-corrected chi connectivity index (χ3v) is 2.35. The van der Waals surface area contributed by atoms with Crippen molar-refractivity contribution in [2.75, 3.05) is 0 Å². The first-order valence-electron chi connectivity index (χ1n) is 3.43. The van der Waals surface area contributed by atoms with Gasteiger partial charge in [-0.15, -0.1) is 0 Å². The van der Waals surface area contributed by atoms with Crippen molar-refractivity contribution in [3.63, 3.8) is 0 Å². The van der Waals surface area contributed by atoms with Crippen molar-refractivity contribution in [2.45, 2.75) is 11.4 Å². The standard InChI is InChI=1S/C8H7NO3S/c1-9-6-7-2-4-8(5-3-7)13(10,11)12/h2-5H,6H2,(H,10,11,12). The summed E-state index contributed by atoms with van der Waals surface area (Å²) in [7, 11) is -4.11. The van der Waals surface area contributed by atoms with Gasteiger partial charge in [0.15, 0.2) is 0 Å². The zero-order valence-corrected chi connectivity index (χ0v) is 7.45. The molecule has 0 saturated heterocycles. The van der Waals surface area contributed by atoms with Crippen LogP contribution in [0.2, 0.25) is 0 Å². The van der Waals surface area contributed by atoms with Gasteiger partial charge < -0.3 is 4.85 Å². The summed E-state index contributed by atoms with van der Waals surface area (Å²) in [6.07, 6.45) is 0. The minimum atomic E-state index is -4.11. The summed E-state index contributed by atoms with van der Waals surface area (Å²) in [5, 5.41) is 0. The summed E-state index contributed by atoms with van der Waals surface area (Å²) in [4.78, 5) is 2.98. The first-order chi connectivity index (χ1) is 6.04. The van der Waals surface area contributed by atoms with Gasteiger partial charge in [-0.2, -0.15) is 8.42 Å². The van der Waals surface area contributed by atoms with Crippen LogP contribution in [0.5, 0.6) is 0 Å². The third kappa shape index (κ3) is 2.54. The molecular weight excluding hydrogens is 190 g/mol. The Balaban J connectivity index is 3.03. The van der Waals surface area contributed by atoms with Gasteiger partial charge in [-0.05, 0) is 12.1 Å². The van der Waals surface area contributed by atoms with E-state index in [0.29, 0.717) is 0 Å². The highest BCUT2D eigenvalue weighted by molar-refractivity contribution is 7.85. The Kier molecular flexibility index (Phi) is 2.66. The van der Waals surface area contributed by atoms with Crippen molar-refractivity contribution < 1.29 is 13.0 Å². The van der Waals surface area contributed by atoms with Gasteiger partial charge in [-0.3, -0.25) is 4.55 Å². The summed E-state index contributed by atoms with van der Waals surface area (Å²) in [6, 6.07) is 5.55. The van der Waals surface area contributed by atoms with Crippen molar-refractivity contribution in [1.82, 2.24) is 0 Å². The molecule has 0 fully saturated rings. The maximum Gasteiger partial charge on any atom is 0.294 e. The molecule has 13 heavy (non-hydrogen) atoms. The van der Waals surface area contributed by atoms with Crippen LogP contribution >= 0.6 is 0 Å². The predicted molar refractivity (Wildman–Crippen MR) is 46.6 cm³/mol. The summed E-state index contributed by atoms with van der Waals surface area (Å²) in [5.41, 5.74) is 0.724. The van der Waals surface area contributed by atoms with Gasteiger partial charge in [-0.25, -0.2) is 6.57 Å². The fraction of sp³-hybridized carbons (Fsp3) is 0.125. The first kappa shape index (κ1) is 9.71. The zero-order chi connectivity index (χ0) is 9.90. The maximum absolute atomic E-state index is 10.6. The topological polar surface area (TPSA) is 58.7 Å². The Morgan fingerprint density at radius 1 is 1.31 bits per heavy atom. The Morgan fingerprint density at radius 2 is 1.85 bits per heavy atom. The van der Waals surface area contributed by atoms with Crippen LogP contribution in [0.15, 0.2) is 29.2 Å². The first-order valence-corrected chi connectivity index (χ1v) is 4.87. The number of hydrogen-bond donors (Lipinski definition) is 1. The van der Waals surface area contributed by atoms with Crippen LogP contribution in [0.4, 0.5) is 0 Å². The molecule has 0 radical (unpaired) electrons. The summed E-state index contributed by atoms with van der Waals surface area (Å²) >= 11 is 0.